The van der Waals surface area contributed by atoms with Crippen LogP contribution in [0.15, 0.2) is 78.1 Å². The Labute approximate surface area is 296 Å². The van der Waals surface area contributed by atoms with Gasteiger partial charge in [-0.15, -0.1) is 0 Å². The van der Waals surface area contributed by atoms with E-state index in [1.807, 2.05) is 24.3 Å². The number of ketones is 2. The van der Waals surface area contributed by atoms with Crippen LogP contribution < -0.4 is 16.0 Å². The number of urea groups is 1. The number of pyridine rings is 1. The number of aromatic nitrogens is 3. The minimum atomic E-state index is -5.77. The summed E-state index contributed by atoms with van der Waals surface area (Å²) in [5.74, 6) is -6.00. The Morgan fingerprint density at radius 3 is 2.23 bits per heavy atom. The Morgan fingerprint density at radius 2 is 1.56 bits per heavy atom. The molecule has 1 saturated heterocycles. The van der Waals surface area contributed by atoms with E-state index in [4.69, 9.17) is 11.6 Å². The van der Waals surface area contributed by atoms with E-state index >= 15 is 0 Å². The first-order valence-electron chi connectivity index (χ1n) is 15.1. The van der Waals surface area contributed by atoms with E-state index in [2.05, 4.69) is 30.9 Å². The third-order valence-electron chi connectivity index (χ3n) is 7.75. The van der Waals surface area contributed by atoms with E-state index in [-0.39, 0.29) is 17.5 Å². The van der Waals surface area contributed by atoms with Crippen molar-refractivity contribution in [2.75, 3.05) is 29.0 Å². The number of nitrogens with zero attached hydrogens (tertiary/aromatic N) is 4. The first-order valence-corrected chi connectivity index (χ1v) is 17.0. The topological polar surface area (TPSA) is 163 Å². The molecule has 1 fully saturated rings. The minimum absolute atomic E-state index is 0.137. The third kappa shape index (κ3) is 9.13. The standard InChI is InChI=1S/C28H26ClN7O3S.C4F6O2/c29-24-16-31-27-33-21-12-18(14-30-15-21)6-7-19-13-20(32-26(24)35-27)8-9-25(19)34-28(37)36-11-10-23(17-36)40(38,39)22-4-2-1-3-5-22;5-3(6,7)1(11)2(12)4(8,9)10/h1-5,8-9,12-16,23H,6-7,10-11,17H2,(H,34,37)(H2,31,32,33,35);. The second-order valence-corrected chi connectivity index (χ2v) is 14.0. The molecule has 4 aromatic rings. The quantitative estimate of drug-likeness (QED) is 0.156. The second-order valence-electron chi connectivity index (χ2n) is 11.4. The molecule has 3 N–H and O–H groups in total. The Kier molecular flexibility index (Phi) is 11.0. The van der Waals surface area contributed by atoms with Gasteiger partial charge in [-0.3, -0.25) is 14.6 Å². The predicted molar refractivity (Wildman–Crippen MR) is 176 cm³/mol. The molecule has 1 unspecified atom stereocenters. The number of anilines is 5. The van der Waals surface area contributed by atoms with Crippen LogP contribution in [0.3, 0.4) is 0 Å². The smallest absolute Gasteiger partial charge is 0.339 e. The molecule has 6 bridgehead atoms. The zero-order chi connectivity index (χ0) is 37.8. The summed E-state index contributed by atoms with van der Waals surface area (Å²) in [5, 5.41) is 9.13. The summed E-state index contributed by atoms with van der Waals surface area (Å²) in [7, 11) is -3.53. The SMILES string of the molecule is O=C(C(=O)C(F)(F)F)C(F)(F)F.O=C(Nc1ccc2cc1CCc1cncc(c1)Nc1ncc(Cl)c(n1)N2)N1CCC(S(=O)(=O)c2ccccc2)C1. The summed E-state index contributed by atoms with van der Waals surface area (Å²) in [4.78, 5) is 47.4. The van der Waals surface area contributed by atoms with Crippen LogP contribution in [0.25, 0.3) is 0 Å². The van der Waals surface area contributed by atoms with Gasteiger partial charge in [0.25, 0.3) is 0 Å². The largest absolute Gasteiger partial charge is 0.458 e. The van der Waals surface area contributed by atoms with Crippen LogP contribution in [0.2, 0.25) is 5.02 Å². The van der Waals surface area contributed by atoms with Crippen LogP contribution in [-0.4, -0.2) is 76.6 Å². The van der Waals surface area contributed by atoms with E-state index in [0.29, 0.717) is 48.3 Å². The van der Waals surface area contributed by atoms with Gasteiger partial charge in [-0.2, -0.15) is 31.3 Å². The second kappa shape index (κ2) is 15.1. The van der Waals surface area contributed by atoms with Crippen molar-refractivity contribution in [1.82, 2.24) is 19.9 Å². The highest BCUT2D eigenvalue weighted by molar-refractivity contribution is 7.92. The van der Waals surface area contributed by atoms with Crippen LogP contribution in [0.4, 0.5) is 60.0 Å². The van der Waals surface area contributed by atoms with Crippen LogP contribution in [-0.2, 0) is 32.3 Å². The highest BCUT2D eigenvalue weighted by atomic mass is 35.5. The molecule has 2 amide bonds. The first-order chi connectivity index (χ1) is 24.4. The number of alkyl halides is 6. The van der Waals surface area contributed by atoms with Crippen LogP contribution in [0.1, 0.15) is 17.5 Å². The third-order valence-corrected chi connectivity index (χ3v) is 10.2. The number of fused-ring (bicyclic) bond motifs is 6. The molecule has 4 heterocycles. The number of hydrogen-bond acceptors (Lipinski definition) is 10. The monoisotopic (exact) mass is 769 g/mol. The van der Waals surface area contributed by atoms with Gasteiger partial charge in [-0.05, 0) is 66.8 Å². The lowest BCUT2D eigenvalue weighted by Crippen LogP contribution is -2.39. The molecule has 0 spiro atoms. The van der Waals surface area contributed by atoms with E-state index in [1.54, 1.807) is 47.6 Å². The lowest BCUT2D eigenvalue weighted by atomic mass is 10.0. The summed E-state index contributed by atoms with van der Waals surface area (Å²) in [6.45, 7) is 0.496. The van der Waals surface area contributed by atoms with Crippen molar-refractivity contribution in [2.45, 2.75) is 41.8 Å². The number of sulfone groups is 1. The number of benzene rings is 2. The Hall–Kier alpha value is -5.30. The van der Waals surface area contributed by atoms with Gasteiger partial charge < -0.3 is 20.9 Å². The molecule has 2 aliphatic rings. The molecule has 2 aliphatic heterocycles. The van der Waals surface area contributed by atoms with Crippen molar-refractivity contribution in [3.05, 3.63) is 89.3 Å². The molecule has 274 valence electrons. The van der Waals surface area contributed by atoms with Gasteiger partial charge in [0.05, 0.1) is 28.2 Å². The van der Waals surface area contributed by atoms with Crippen LogP contribution in [0, 0.1) is 0 Å². The van der Waals surface area contributed by atoms with Gasteiger partial charge in [-0.1, -0.05) is 29.8 Å². The summed E-state index contributed by atoms with van der Waals surface area (Å²) < 4.78 is 93.1. The first kappa shape index (κ1) is 37.9. The van der Waals surface area contributed by atoms with Crippen molar-refractivity contribution in [2.24, 2.45) is 0 Å². The average Bonchev–Trinajstić information content (AvgIpc) is 3.61. The Balaban J connectivity index is 0.000000376. The highest BCUT2D eigenvalue weighted by Crippen LogP contribution is 2.31. The number of amides is 2. The summed E-state index contributed by atoms with van der Waals surface area (Å²) in [5.41, 5.74) is 4.05. The summed E-state index contributed by atoms with van der Waals surface area (Å²) in [6.07, 6.45) is -4.84. The lowest BCUT2D eigenvalue weighted by molar-refractivity contribution is -0.193. The van der Waals surface area contributed by atoms with Crippen molar-refractivity contribution >= 4 is 67.9 Å². The Morgan fingerprint density at radius 1 is 0.865 bits per heavy atom. The fourth-order valence-electron chi connectivity index (χ4n) is 5.17. The lowest BCUT2D eigenvalue weighted by Gasteiger charge is -2.20. The molecule has 0 aliphatic carbocycles. The van der Waals surface area contributed by atoms with E-state index < -0.39 is 39.0 Å². The molecular weight excluding hydrogens is 744 g/mol. The molecular formula is C32H26ClF6N7O5S. The number of carbonyl (C=O) groups excluding carboxylic acids is 3. The molecule has 2 aromatic heterocycles. The number of carbonyl (C=O) groups is 3. The van der Waals surface area contributed by atoms with Gasteiger partial charge in [0.1, 0.15) is 5.02 Å². The number of Topliss-reactive ketones (excluding diaryl/α,β-unsaturated/α-hetero) is 2. The molecule has 2 aromatic carbocycles. The maximum atomic E-state index is 13.3. The van der Waals surface area contributed by atoms with Crippen molar-refractivity contribution < 1.29 is 49.1 Å². The molecule has 12 nitrogen and oxygen atoms in total. The zero-order valence-corrected chi connectivity index (χ0v) is 28.0. The summed E-state index contributed by atoms with van der Waals surface area (Å²) in [6, 6.07) is 15.6. The number of likely N-dealkylation sites (tertiary alicyclic amines) is 1. The normalized spacial score (nSPS) is 15.7. The van der Waals surface area contributed by atoms with Gasteiger partial charge >= 0.3 is 30.0 Å². The van der Waals surface area contributed by atoms with Gasteiger partial charge in [0.2, 0.25) is 5.95 Å². The van der Waals surface area contributed by atoms with Crippen molar-refractivity contribution in [1.29, 1.82) is 0 Å². The molecule has 0 radical (unpaired) electrons. The molecule has 0 saturated carbocycles. The number of rotatable bonds is 4. The van der Waals surface area contributed by atoms with Gasteiger partial charge in [0, 0.05) is 30.7 Å². The van der Waals surface area contributed by atoms with Gasteiger partial charge in [0.15, 0.2) is 15.7 Å². The molecule has 1 atom stereocenters. The number of hydrogen-bond donors (Lipinski definition) is 3. The number of nitrogens with one attached hydrogen (secondary N) is 3. The van der Waals surface area contributed by atoms with Crippen molar-refractivity contribution in [3.8, 4) is 0 Å². The maximum absolute atomic E-state index is 13.3. The van der Waals surface area contributed by atoms with Gasteiger partial charge in [-0.25, -0.2) is 18.2 Å². The van der Waals surface area contributed by atoms with Crippen molar-refractivity contribution in [3.63, 3.8) is 0 Å². The van der Waals surface area contributed by atoms with Crippen LogP contribution >= 0.6 is 11.6 Å². The molecule has 52 heavy (non-hydrogen) atoms. The van der Waals surface area contributed by atoms with E-state index in [1.165, 1.54) is 6.20 Å². The molecule has 20 heteroatoms. The highest BCUT2D eigenvalue weighted by Gasteiger charge is 2.54. The van der Waals surface area contributed by atoms with Crippen LogP contribution in [0.5, 0.6) is 0 Å². The van der Waals surface area contributed by atoms with E-state index in [9.17, 15) is 49.1 Å². The average molecular weight is 770 g/mol. The molecule has 6 rings (SSSR count). The number of halogens is 7. The number of aryl methyl sites for hydroxylation is 2. The Bertz CT molecular complexity index is 2080. The zero-order valence-electron chi connectivity index (χ0n) is 26.4. The fraction of sp³-hybridized carbons (Fsp3) is 0.250. The summed E-state index contributed by atoms with van der Waals surface area (Å²) >= 11 is 6.36. The minimum Gasteiger partial charge on any atom is -0.339 e. The predicted octanol–water partition coefficient (Wildman–Crippen LogP) is 6.44. The fourth-order valence-corrected chi connectivity index (χ4v) is 7.02. The maximum Gasteiger partial charge on any atom is 0.458 e. The van der Waals surface area contributed by atoms with E-state index in [0.717, 1.165) is 22.5 Å².